The number of carbonyl (C=O) groups is 2. The van der Waals surface area contributed by atoms with Gasteiger partial charge in [-0.2, -0.15) is 0 Å². The molecular formula is C27H28O4. The van der Waals surface area contributed by atoms with Crippen LogP contribution in [0.2, 0.25) is 0 Å². The molecule has 3 aromatic carbocycles. The number of ether oxygens (including phenoxy) is 2. The van der Waals surface area contributed by atoms with E-state index in [1.54, 1.807) is 24.3 Å². The Morgan fingerprint density at radius 1 is 0.774 bits per heavy atom. The fourth-order valence-corrected chi connectivity index (χ4v) is 3.31. The fourth-order valence-electron chi connectivity index (χ4n) is 3.31. The van der Waals surface area contributed by atoms with Crippen LogP contribution in [0.4, 0.5) is 0 Å². The highest BCUT2D eigenvalue weighted by Gasteiger charge is 2.25. The molecule has 0 saturated carbocycles. The van der Waals surface area contributed by atoms with Gasteiger partial charge in [0.25, 0.3) is 0 Å². The molecule has 0 saturated heterocycles. The molecule has 0 fully saturated rings. The van der Waals surface area contributed by atoms with Crippen molar-refractivity contribution in [1.82, 2.24) is 0 Å². The SMILES string of the molecule is CC(COCc1ccccc1)CC(=O)[C@H](Cc1ccccc1)OC(=O)c1ccccc1. The van der Waals surface area contributed by atoms with Gasteiger partial charge >= 0.3 is 5.97 Å². The van der Waals surface area contributed by atoms with Crippen LogP contribution in [0, 0.1) is 5.92 Å². The molecule has 0 aromatic heterocycles. The molecule has 0 aliphatic rings. The highest BCUT2D eigenvalue weighted by molar-refractivity contribution is 5.93. The van der Waals surface area contributed by atoms with Crippen LogP contribution in [0.5, 0.6) is 0 Å². The molecule has 160 valence electrons. The van der Waals surface area contributed by atoms with Crippen molar-refractivity contribution in [3.8, 4) is 0 Å². The van der Waals surface area contributed by atoms with Crippen LogP contribution in [0.15, 0.2) is 91.0 Å². The first-order valence-corrected chi connectivity index (χ1v) is 10.6. The average Bonchev–Trinajstić information content (AvgIpc) is 2.80. The van der Waals surface area contributed by atoms with Gasteiger partial charge in [0.1, 0.15) is 0 Å². The van der Waals surface area contributed by atoms with E-state index in [9.17, 15) is 9.59 Å². The van der Waals surface area contributed by atoms with Crippen LogP contribution < -0.4 is 0 Å². The third-order valence-electron chi connectivity index (χ3n) is 4.95. The molecule has 4 nitrogen and oxygen atoms in total. The number of benzene rings is 3. The Balaban J connectivity index is 1.58. The van der Waals surface area contributed by atoms with E-state index in [1.165, 1.54) is 0 Å². The normalized spacial score (nSPS) is 12.7. The van der Waals surface area contributed by atoms with Crippen LogP contribution in [0.1, 0.15) is 34.8 Å². The minimum absolute atomic E-state index is 0.0184. The van der Waals surface area contributed by atoms with Crippen LogP contribution in [-0.2, 0) is 27.3 Å². The van der Waals surface area contributed by atoms with Gasteiger partial charge in [-0.15, -0.1) is 0 Å². The van der Waals surface area contributed by atoms with E-state index in [0.29, 0.717) is 25.2 Å². The molecule has 4 heteroatoms. The second kappa shape index (κ2) is 11.8. The number of Topliss-reactive ketones (excluding diaryl/α,β-unsaturated/α-hetero) is 1. The van der Waals surface area contributed by atoms with E-state index in [1.807, 2.05) is 73.7 Å². The molecule has 0 aliphatic carbocycles. The predicted octanol–water partition coefficient (Wildman–Crippen LogP) is 5.27. The van der Waals surface area contributed by atoms with Crippen molar-refractivity contribution in [1.29, 1.82) is 0 Å². The van der Waals surface area contributed by atoms with E-state index in [0.717, 1.165) is 11.1 Å². The zero-order valence-electron chi connectivity index (χ0n) is 17.8. The number of rotatable bonds is 11. The Bertz CT molecular complexity index is 939. The largest absolute Gasteiger partial charge is 0.450 e. The molecule has 31 heavy (non-hydrogen) atoms. The van der Waals surface area contributed by atoms with Crippen LogP contribution in [-0.4, -0.2) is 24.5 Å². The maximum atomic E-state index is 13.0. The third-order valence-corrected chi connectivity index (χ3v) is 4.95. The summed E-state index contributed by atoms with van der Waals surface area (Å²) in [6.07, 6.45) is -0.184. The number of carbonyl (C=O) groups excluding carboxylic acids is 2. The van der Waals surface area contributed by atoms with Crippen molar-refractivity contribution in [2.24, 2.45) is 5.92 Å². The molecular weight excluding hydrogens is 388 g/mol. The Kier molecular flexibility index (Phi) is 8.56. The second-order valence-corrected chi connectivity index (χ2v) is 7.73. The standard InChI is InChI=1S/C27H28O4/c1-21(19-30-20-23-13-7-3-8-14-23)17-25(28)26(18-22-11-5-2-6-12-22)31-27(29)24-15-9-4-10-16-24/h2-16,21,26H,17-20H2,1H3/t21?,26-/m0/s1. The highest BCUT2D eigenvalue weighted by atomic mass is 16.5. The van der Waals surface area contributed by atoms with Gasteiger partial charge in [-0.25, -0.2) is 4.79 Å². The van der Waals surface area contributed by atoms with E-state index >= 15 is 0 Å². The van der Waals surface area contributed by atoms with Crippen molar-refractivity contribution >= 4 is 11.8 Å². The van der Waals surface area contributed by atoms with Gasteiger partial charge in [0.15, 0.2) is 11.9 Å². The Morgan fingerprint density at radius 2 is 1.32 bits per heavy atom. The Morgan fingerprint density at radius 3 is 1.94 bits per heavy atom. The summed E-state index contributed by atoms with van der Waals surface area (Å²) < 4.78 is 11.4. The number of esters is 1. The van der Waals surface area contributed by atoms with E-state index in [2.05, 4.69) is 0 Å². The lowest BCUT2D eigenvalue weighted by molar-refractivity contribution is -0.129. The molecule has 2 atom stereocenters. The van der Waals surface area contributed by atoms with Crippen molar-refractivity contribution in [2.75, 3.05) is 6.61 Å². The molecule has 0 radical (unpaired) electrons. The van der Waals surface area contributed by atoms with Crippen molar-refractivity contribution in [2.45, 2.75) is 32.5 Å². The first-order chi connectivity index (χ1) is 15.1. The smallest absolute Gasteiger partial charge is 0.338 e. The number of hydrogen-bond donors (Lipinski definition) is 0. The van der Waals surface area contributed by atoms with Crippen LogP contribution in [0.25, 0.3) is 0 Å². The maximum absolute atomic E-state index is 13.0. The van der Waals surface area contributed by atoms with Gasteiger partial charge in [0.05, 0.1) is 12.2 Å². The summed E-state index contributed by atoms with van der Waals surface area (Å²) in [5, 5.41) is 0. The average molecular weight is 417 g/mol. The molecule has 3 rings (SSSR count). The van der Waals surface area contributed by atoms with Gasteiger partial charge in [-0.1, -0.05) is 85.8 Å². The summed E-state index contributed by atoms with van der Waals surface area (Å²) >= 11 is 0. The molecule has 3 aromatic rings. The number of ketones is 1. The summed E-state index contributed by atoms with van der Waals surface area (Å²) in [5.74, 6) is -0.559. The molecule has 0 bridgehead atoms. The highest BCUT2D eigenvalue weighted by Crippen LogP contribution is 2.15. The van der Waals surface area contributed by atoms with Crippen LogP contribution in [0.3, 0.4) is 0 Å². The van der Waals surface area contributed by atoms with Gasteiger partial charge in [-0.05, 0) is 29.2 Å². The molecule has 0 spiro atoms. The molecule has 0 amide bonds. The summed E-state index contributed by atoms with van der Waals surface area (Å²) in [5.41, 5.74) is 2.49. The monoisotopic (exact) mass is 416 g/mol. The van der Waals surface area contributed by atoms with Crippen LogP contribution >= 0.6 is 0 Å². The first-order valence-electron chi connectivity index (χ1n) is 10.6. The van der Waals surface area contributed by atoms with Gasteiger partial charge < -0.3 is 9.47 Å². The van der Waals surface area contributed by atoms with E-state index in [-0.39, 0.29) is 18.1 Å². The predicted molar refractivity (Wildman–Crippen MR) is 121 cm³/mol. The quantitative estimate of drug-likeness (QED) is 0.400. The maximum Gasteiger partial charge on any atom is 0.338 e. The van der Waals surface area contributed by atoms with Gasteiger partial charge in [0, 0.05) is 19.4 Å². The minimum Gasteiger partial charge on any atom is -0.450 e. The lowest BCUT2D eigenvalue weighted by Gasteiger charge is -2.19. The second-order valence-electron chi connectivity index (χ2n) is 7.73. The molecule has 0 heterocycles. The summed E-state index contributed by atoms with van der Waals surface area (Å²) in [6, 6.07) is 28.3. The summed E-state index contributed by atoms with van der Waals surface area (Å²) in [4.78, 5) is 25.6. The van der Waals surface area contributed by atoms with Crippen molar-refractivity contribution in [3.63, 3.8) is 0 Å². The van der Waals surface area contributed by atoms with E-state index in [4.69, 9.17) is 9.47 Å². The van der Waals surface area contributed by atoms with E-state index < -0.39 is 12.1 Å². The first kappa shape index (κ1) is 22.4. The third kappa shape index (κ3) is 7.50. The zero-order valence-corrected chi connectivity index (χ0v) is 17.8. The van der Waals surface area contributed by atoms with Crippen molar-refractivity contribution in [3.05, 3.63) is 108 Å². The summed E-state index contributed by atoms with van der Waals surface area (Å²) in [6.45, 7) is 2.95. The Hall–Kier alpha value is -3.24. The van der Waals surface area contributed by atoms with Gasteiger partial charge in [-0.3, -0.25) is 4.79 Å². The molecule has 0 aliphatic heterocycles. The topological polar surface area (TPSA) is 52.6 Å². The minimum atomic E-state index is -0.827. The summed E-state index contributed by atoms with van der Waals surface area (Å²) in [7, 11) is 0. The Labute approximate surface area is 183 Å². The molecule has 1 unspecified atom stereocenters. The molecule has 0 N–H and O–H groups in total. The van der Waals surface area contributed by atoms with Gasteiger partial charge in [0.2, 0.25) is 0 Å². The lowest BCUT2D eigenvalue weighted by Crippen LogP contribution is -2.31. The fraction of sp³-hybridized carbons (Fsp3) is 0.259. The zero-order chi connectivity index (χ0) is 21.9. The van der Waals surface area contributed by atoms with Crippen molar-refractivity contribution < 1.29 is 19.1 Å². The lowest BCUT2D eigenvalue weighted by atomic mass is 9.97. The number of hydrogen-bond acceptors (Lipinski definition) is 4.